The van der Waals surface area contributed by atoms with E-state index in [1.807, 2.05) is 12.1 Å². The number of phenols is 1. The van der Waals surface area contributed by atoms with Crippen molar-refractivity contribution in [3.63, 3.8) is 0 Å². The minimum absolute atomic E-state index is 0.232. The average Bonchev–Trinajstić information content (AvgIpc) is 3.18. The van der Waals surface area contributed by atoms with E-state index in [4.69, 9.17) is 4.74 Å². The topological polar surface area (TPSA) is 32.7 Å². The van der Waals surface area contributed by atoms with Crippen LogP contribution in [0.5, 0.6) is 11.5 Å². The third-order valence-electron chi connectivity index (χ3n) is 10.0. The summed E-state index contributed by atoms with van der Waals surface area (Å²) in [5, 5.41) is 10.1. The number of aromatic hydroxyl groups is 1. The predicted molar refractivity (Wildman–Crippen MR) is 138 cm³/mol. The summed E-state index contributed by atoms with van der Waals surface area (Å²) in [5.74, 6) is 2.95. The van der Waals surface area contributed by atoms with Gasteiger partial charge in [0.25, 0.3) is 0 Å². The molecule has 188 valence electrons. The van der Waals surface area contributed by atoms with Crippen molar-refractivity contribution >= 4 is 0 Å². The molecule has 1 heterocycles. The van der Waals surface area contributed by atoms with Gasteiger partial charge in [-0.25, -0.2) is 4.39 Å². The molecular formula is C31H40FNO2. The summed E-state index contributed by atoms with van der Waals surface area (Å²) < 4.78 is 21.4. The van der Waals surface area contributed by atoms with E-state index in [9.17, 15) is 5.11 Å². The number of likely N-dealkylation sites (tertiary alicyclic amines) is 1. The van der Waals surface area contributed by atoms with E-state index in [-0.39, 0.29) is 5.41 Å². The molecule has 0 aromatic heterocycles. The summed E-state index contributed by atoms with van der Waals surface area (Å²) in [5.41, 5.74) is 3.75. The van der Waals surface area contributed by atoms with E-state index < -0.39 is 6.17 Å². The van der Waals surface area contributed by atoms with E-state index in [2.05, 4.69) is 42.2 Å². The molecule has 3 aliphatic carbocycles. The molecule has 2 saturated carbocycles. The van der Waals surface area contributed by atoms with Crippen LogP contribution in [-0.4, -0.2) is 42.4 Å². The molecule has 4 heteroatoms. The van der Waals surface area contributed by atoms with Gasteiger partial charge >= 0.3 is 0 Å². The Morgan fingerprint density at radius 2 is 1.83 bits per heavy atom. The average molecular weight is 478 g/mol. The van der Waals surface area contributed by atoms with E-state index in [0.717, 1.165) is 44.6 Å². The van der Waals surface area contributed by atoms with Crippen LogP contribution in [0.1, 0.15) is 80.4 Å². The molecule has 6 atom stereocenters. The second kappa shape index (κ2) is 9.42. The van der Waals surface area contributed by atoms with E-state index in [0.29, 0.717) is 35.8 Å². The van der Waals surface area contributed by atoms with Crippen molar-refractivity contribution in [2.24, 2.45) is 17.3 Å². The zero-order valence-corrected chi connectivity index (χ0v) is 21.1. The Labute approximate surface area is 209 Å². The maximum Gasteiger partial charge on any atom is 0.119 e. The fraction of sp³-hybridized carbons (Fsp3) is 0.613. The van der Waals surface area contributed by atoms with Crippen molar-refractivity contribution in [2.75, 3.05) is 26.2 Å². The molecule has 2 aromatic rings. The zero-order chi connectivity index (χ0) is 24.0. The lowest BCUT2D eigenvalue weighted by Crippen LogP contribution is -2.46. The largest absolute Gasteiger partial charge is 0.508 e. The standard InChI is InChI=1S/C31H40FNO2/c1-31-20-27(21-5-9-24(10-6-21)35-18-17-33-15-3-2-4-16-33)30-25-12-8-23(34)19-22(25)7-11-26(30)28(31)13-14-29(31)32/h5-6,8-10,12,19,26-30,34H,2-4,7,11,13-18,20H2,1H3/t26-,27+,28-,29+,30+,31-/m0/s1. The number of phenolic OH excluding ortho intramolecular Hbond substituents is 1. The molecule has 1 N–H and O–H groups in total. The molecule has 0 radical (unpaired) electrons. The SMILES string of the molecule is C[C@]12C[C@H](c3ccc(OCCN4CCCCC4)cc3)[C@@H]3c4ccc(O)cc4CC[C@H]3[C@@H]1CC[C@H]2F. The molecule has 3 nitrogen and oxygen atoms in total. The molecule has 2 aromatic carbocycles. The maximum atomic E-state index is 15.3. The van der Waals surface area contributed by atoms with Crippen molar-refractivity contribution < 1.29 is 14.2 Å². The number of benzene rings is 2. The monoisotopic (exact) mass is 477 g/mol. The van der Waals surface area contributed by atoms with Gasteiger partial charge in [-0.1, -0.05) is 31.5 Å². The highest BCUT2D eigenvalue weighted by Crippen LogP contribution is 2.65. The Balaban J connectivity index is 1.25. The predicted octanol–water partition coefficient (Wildman–Crippen LogP) is 6.84. The summed E-state index contributed by atoms with van der Waals surface area (Å²) in [7, 11) is 0. The minimum Gasteiger partial charge on any atom is -0.508 e. The number of aryl methyl sites for hydroxylation is 1. The van der Waals surface area contributed by atoms with Gasteiger partial charge in [0.1, 0.15) is 24.3 Å². The molecule has 4 aliphatic rings. The molecule has 1 saturated heterocycles. The Morgan fingerprint density at radius 3 is 2.63 bits per heavy atom. The zero-order valence-electron chi connectivity index (χ0n) is 21.1. The van der Waals surface area contributed by atoms with Crippen molar-refractivity contribution in [1.82, 2.24) is 4.90 Å². The van der Waals surface area contributed by atoms with E-state index in [1.165, 1.54) is 49.0 Å². The minimum atomic E-state index is -0.699. The number of rotatable bonds is 5. The summed E-state index contributed by atoms with van der Waals surface area (Å²) >= 11 is 0. The number of hydrogen-bond acceptors (Lipinski definition) is 3. The molecule has 0 unspecified atom stereocenters. The van der Waals surface area contributed by atoms with Gasteiger partial charge in [-0.05, 0) is 123 Å². The lowest BCUT2D eigenvalue weighted by molar-refractivity contribution is 0.00138. The number of hydrogen-bond donors (Lipinski definition) is 1. The Bertz CT molecular complexity index is 1030. The van der Waals surface area contributed by atoms with Crippen LogP contribution >= 0.6 is 0 Å². The van der Waals surface area contributed by atoms with E-state index in [1.54, 1.807) is 0 Å². The van der Waals surface area contributed by atoms with Crippen LogP contribution < -0.4 is 4.74 Å². The molecule has 0 spiro atoms. The fourth-order valence-corrected chi connectivity index (χ4v) is 8.25. The van der Waals surface area contributed by atoms with Gasteiger partial charge in [0.2, 0.25) is 0 Å². The Kier molecular flexibility index (Phi) is 6.28. The normalized spacial score (nSPS) is 34.6. The third kappa shape index (κ3) is 4.26. The van der Waals surface area contributed by atoms with Crippen LogP contribution in [0.2, 0.25) is 0 Å². The summed E-state index contributed by atoms with van der Waals surface area (Å²) in [6.07, 6.45) is 7.99. The number of fused-ring (bicyclic) bond motifs is 5. The molecule has 0 bridgehead atoms. The lowest BCUT2D eigenvalue weighted by Gasteiger charge is -2.53. The fourth-order valence-electron chi connectivity index (χ4n) is 8.25. The van der Waals surface area contributed by atoms with Crippen LogP contribution in [0.4, 0.5) is 4.39 Å². The lowest BCUT2D eigenvalue weighted by atomic mass is 9.51. The van der Waals surface area contributed by atoms with Crippen LogP contribution in [0.3, 0.4) is 0 Å². The van der Waals surface area contributed by atoms with Crippen molar-refractivity contribution in [2.45, 2.75) is 76.3 Å². The summed E-state index contributed by atoms with van der Waals surface area (Å²) in [4.78, 5) is 2.50. The highest BCUT2D eigenvalue weighted by Gasteiger charge is 2.58. The first kappa shape index (κ1) is 23.3. The smallest absolute Gasteiger partial charge is 0.119 e. The Morgan fingerprint density at radius 1 is 1.03 bits per heavy atom. The van der Waals surface area contributed by atoms with Crippen LogP contribution in [0, 0.1) is 17.3 Å². The van der Waals surface area contributed by atoms with Crippen molar-refractivity contribution in [3.05, 3.63) is 59.2 Å². The van der Waals surface area contributed by atoms with Crippen molar-refractivity contribution in [3.8, 4) is 11.5 Å². The van der Waals surface area contributed by atoms with Gasteiger partial charge in [-0.3, -0.25) is 4.90 Å². The first-order valence-electron chi connectivity index (χ1n) is 13.9. The van der Waals surface area contributed by atoms with Gasteiger partial charge < -0.3 is 9.84 Å². The summed E-state index contributed by atoms with van der Waals surface area (Å²) in [6, 6.07) is 14.7. The second-order valence-electron chi connectivity index (χ2n) is 11.9. The quantitative estimate of drug-likeness (QED) is 0.511. The molecule has 35 heavy (non-hydrogen) atoms. The number of alkyl halides is 1. The second-order valence-corrected chi connectivity index (χ2v) is 11.9. The molecule has 0 amide bonds. The van der Waals surface area contributed by atoms with Gasteiger partial charge in [0, 0.05) is 12.0 Å². The molecule has 1 aliphatic heterocycles. The highest BCUT2D eigenvalue weighted by atomic mass is 19.1. The number of ether oxygens (including phenoxy) is 1. The first-order valence-corrected chi connectivity index (χ1v) is 13.9. The van der Waals surface area contributed by atoms with E-state index >= 15 is 4.39 Å². The Hall–Kier alpha value is -2.07. The molecule has 6 rings (SSSR count). The van der Waals surface area contributed by atoms with Crippen LogP contribution in [-0.2, 0) is 6.42 Å². The van der Waals surface area contributed by atoms with Crippen molar-refractivity contribution in [1.29, 1.82) is 0 Å². The van der Waals surface area contributed by atoms with Crippen LogP contribution in [0.15, 0.2) is 42.5 Å². The number of halogens is 1. The number of nitrogens with zero attached hydrogens (tertiary/aromatic N) is 1. The third-order valence-corrected chi connectivity index (χ3v) is 10.0. The van der Waals surface area contributed by atoms with Gasteiger partial charge in [0.15, 0.2) is 0 Å². The number of piperidine rings is 1. The van der Waals surface area contributed by atoms with Gasteiger partial charge in [0.05, 0.1) is 0 Å². The summed E-state index contributed by atoms with van der Waals surface area (Å²) in [6.45, 7) is 6.34. The van der Waals surface area contributed by atoms with Gasteiger partial charge in [-0.2, -0.15) is 0 Å². The maximum absolute atomic E-state index is 15.3. The molecular weight excluding hydrogens is 437 g/mol. The van der Waals surface area contributed by atoms with Crippen LogP contribution in [0.25, 0.3) is 0 Å². The first-order chi connectivity index (χ1) is 17.0. The van der Waals surface area contributed by atoms with Gasteiger partial charge in [-0.15, -0.1) is 0 Å². The highest BCUT2D eigenvalue weighted by molar-refractivity contribution is 5.43. The molecule has 3 fully saturated rings.